The molecule has 2 aliphatic heterocycles. The van der Waals surface area contributed by atoms with Crippen molar-refractivity contribution in [1.82, 2.24) is 30.1 Å². The number of likely N-dealkylation sites (N-methyl/N-ethyl adjacent to an activating group) is 1. The lowest BCUT2D eigenvalue weighted by atomic mass is 9.87. The molecule has 2 aromatic carbocycles. The van der Waals surface area contributed by atoms with Gasteiger partial charge in [-0.05, 0) is 43.2 Å². The molecule has 1 aliphatic carbocycles. The third-order valence-electron chi connectivity index (χ3n) is 11.6. The highest BCUT2D eigenvalue weighted by Crippen LogP contribution is 2.45. The van der Waals surface area contributed by atoms with Crippen LogP contribution >= 0.6 is 0 Å². The summed E-state index contributed by atoms with van der Waals surface area (Å²) in [6, 6.07) is 13.4. The number of aromatic nitrogens is 1. The lowest BCUT2D eigenvalue weighted by Crippen LogP contribution is -2.59. The number of allylic oxidation sites excluding steroid dienone is 1. The van der Waals surface area contributed by atoms with Gasteiger partial charge in [-0.1, -0.05) is 76.1 Å². The zero-order valence-corrected chi connectivity index (χ0v) is 35.4. The van der Waals surface area contributed by atoms with E-state index in [0.29, 0.717) is 40.9 Å². The first-order valence-electron chi connectivity index (χ1n) is 20.1. The number of aliphatic carboxylic acids is 1. The molecule has 1 saturated carbocycles. The van der Waals surface area contributed by atoms with E-state index in [-0.39, 0.29) is 38.3 Å². The van der Waals surface area contributed by atoms with E-state index in [2.05, 4.69) is 16.0 Å². The number of benzene rings is 2. The smallest absolute Gasteiger partial charge is 0.330 e. The van der Waals surface area contributed by atoms with Gasteiger partial charge in [-0.2, -0.15) is 0 Å². The van der Waals surface area contributed by atoms with Crippen molar-refractivity contribution in [3.8, 4) is 22.8 Å². The summed E-state index contributed by atoms with van der Waals surface area (Å²) >= 11 is 0. The fourth-order valence-corrected chi connectivity index (χ4v) is 8.19. The van der Waals surface area contributed by atoms with Crippen molar-refractivity contribution in [1.29, 1.82) is 0 Å². The number of nitrogens with one attached hydrogen (secondary N) is 3. The number of carboxylic acid groups (broad SMARTS) is 1. The number of carbonyl (C=O) groups excluding carboxylic acids is 3. The van der Waals surface area contributed by atoms with Gasteiger partial charge in [0.05, 0.1) is 31.1 Å². The van der Waals surface area contributed by atoms with Gasteiger partial charge in [-0.3, -0.25) is 9.59 Å². The largest absolute Gasteiger partial charge is 0.497 e. The van der Waals surface area contributed by atoms with Crippen LogP contribution in [0.1, 0.15) is 65.7 Å². The maximum Gasteiger partial charge on any atom is 0.330 e. The normalized spacial score (nSPS) is 25.1. The molecule has 4 amide bonds. The predicted molar refractivity (Wildman–Crippen MR) is 223 cm³/mol. The van der Waals surface area contributed by atoms with E-state index in [9.17, 15) is 32.7 Å². The highest BCUT2D eigenvalue weighted by molar-refractivity contribution is 7.88. The quantitative estimate of drug-likeness (QED) is 0.208. The van der Waals surface area contributed by atoms with E-state index in [1.54, 1.807) is 19.2 Å². The molecule has 1 unspecified atom stereocenters. The minimum atomic E-state index is -3.55. The van der Waals surface area contributed by atoms with Crippen molar-refractivity contribution in [2.75, 3.05) is 33.5 Å². The molecule has 0 radical (unpaired) electrons. The molecule has 3 aromatic rings. The molecule has 3 aliphatic rings. The average Bonchev–Trinajstić information content (AvgIpc) is 3.72. The Labute approximate surface area is 345 Å². The van der Waals surface area contributed by atoms with Gasteiger partial charge in [0.25, 0.3) is 0 Å². The number of carbonyl (C=O) groups is 4. The summed E-state index contributed by atoms with van der Waals surface area (Å²) in [6.07, 6.45) is 7.56. The van der Waals surface area contributed by atoms with Gasteiger partial charge in [0.2, 0.25) is 21.8 Å². The number of hydrogen-bond acceptors (Lipinski definition) is 9. The van der Waals surface area contributed by atoms with Crippen molar-refractivity contribution < 1.29 is 42.2 Å². The molecule has 0 spiro atoms. The first-order valence-corrected chi connectivity index (χ1v) is 22.0. The van der Waals surface area contributed by atoms with Crippen LogP contribution in [0, 0.1) is 11.3 Å². The Hall–Kier alpha value is -5.22. The minimum Gasteiger partial charge on any atom is -0.497 e. The molecule has 2 fully saturated rings. The second-order valence-corrected chi connectivity index (χ2v) is 19.1. The van der Waals surface area contributed by atoms with Crippen molar-refractivity contribution in [3.05, 3.63) is 66.7 Å². The molecule has 6 atom stereocenters. The van der Waals surface area contributed by atoms with Crippen molar-refractivity contribution in [3.63, 3.8) is 0 Å². The fourth-order valence-electron chi connectivity index (χ4n) is 7.77. The van der Waals surface area contributed by atoms with Crippen LogP contribution in [-0.4, -0.2) is 115 Å². The monoisotopic (exact) mass is 832 g/mol. The topological polar surface area (TPSA) is 197 Å². The Kier molecular flexibility index (Phi) is 12.9. The van der Waals surface area contributed by atoms with Gasteiger partial charge < -0.3 is 35.4 Å². The third-order valence-corrected chi connectivity index (χ3v) is 12.9. The summed E-state index contributed by atoms with van der Waals surface area (Å²) in [6.45, 7) is 5.62. The van der Waals surface area contributed by atoms with Crippen LogP contribution in [0.3, 0.4) is 0 Å². The van der Waals surface area contributed by atoms with Gasteiger partial charge in [-0.15, -0.1) is 0 Å². The Morgan fingerprint density at radius 1 is 1.10 bits per heavy atom. The molecule has 16 heteroatoms. The van der Waals surface area contributed by atoms with Crippen LogP contribution in [0.4, 0.5) is 4.79 Å². The highest BCUT2D eigenvalue weighted by Gasteiger charge is 2.61. The van der Waals surface area contributed by atoms with Crippen LogP contribution in [0.5, 0.6) is 11.5 Å². The van der Waals surface area contributed by atoms with Crippen molar-refractivity contribution in [2.45, 2.75) is 95.5 Å². The Bertz CT molecular complexity index is 2190. The summed E-state index contributed by atoms with van der Waals surface area (Å²) in [5, 5.41) is 19.6. The van der Waals surface area contributed by atoms with Gasteiger partial charge in [0, 0.05) is 55.1 Å². The second-order valence-electron chi connectivity index (χ2n) is 17.0. The van der Waals surface area contributed by atoms with Crippen LogP contribution in [-0.2, 0) is 24.4 Å². The lowest BCUT2D eigenvalue weighted by Gasteiger charge is -2.35. The fraction of sp³-hybridized carbons (Fsp3) is 0.512. The van der Waals surface area contributed by atoms with Crippen LogP contribution in [0.2, 0.25) is 0 Å². The molecule has 1 aromatic heterocycles. The number of pyridine rings is 1. The van der Waals surface area contributed by atoms with Gasteiger partial charge in [-0.25, -0.2) is 27.3 Å². The Morgan fingerprint density at radius 3 is 2.53 bits per heavy atom. The number of carboxylic acids is 1. The molecule has 0 bridgehead atoms. The number of hydrogen-bond donors (Lipinski definition) is 4. The molecule has 6 rings (SSSR count). The van der Waals surface area contributed by atoms with E-state index in [1.165, 1.54) is 16.3 Å². The average molecular weight is 833 g/mol. The number of amides is 4. The Balaban J connectivity index is 1.32. The highest BCUT2D eigenvalue weighted by atomic mass is 32.2. The summed E-state index contributed by atoms with van der Waals surface area (Å²) in [5.41, 5.74) is 0.0645. The zero-order valence-electron chi connectivity index (χ0n) is 34.6. The minimum absolute atomic E-state index is 0.00402. The molecule has 1 saturated heterocycles. The standard InChI is InChI=1S/C43H56N6O9S/c1-42(2,3)37(26-48(4)59(6,55)56)46-41(54)45-32-18-14-9-7-8-13-17-28-24-43(28,40(52)53)47-38(50)35-22-30(25-49(35)39(32)51)58-36-23-33(27-15-11-10-12-16-27)44-34-21-29(57-5)19-20-31(34)36/h10-13,15-17,19-21,23,28,30,32,35,37H,7-9,14,18,22,24-26H2,1-6H3,(H,47,50)(H,52,53)(H2,45,46,54)/b17-13-/t28?,30-,32+,35+,37-,43-/m1/s1. The number of nitrogens with zero attached hydrogens (tertiary/aromatic N) is 3. The van der Waals surface area contributed by atoms with Gasteiger partial charge in [0.15, 0.2) is 0 Å². The molecule has 318 valence electrons. The van der Waals surface area contributed by atoms with Crippen LogP contribution in [0.25, 0.3) is 22.2 Å². The van der Waals surface area contributed by atoms with E-state index in [1.807, 2.05) is 75.4 Å². The third kappa shape index (κ3) is 10.2. The summed E-state index contributed by atoms with van der Waals surface area (Å²) in [7, 11) is -0.535. The van der Waals surface area contributed by atoms with Gasteiger partial charge >= 0.3 is 12.0 Å². The van der Waals surface area contributed by atoms with E-state index in [4.69, 9.17) is 14.5 Å². The van der Waals surface area contributed by atoms with Crippen LogP contribution in [0.15, 0.2) is 66.7 Å². The maximum atomic E-state index is 14.8. The summed E-state index contributed by atoms with van der Waals surface area (Å²) in [4.78, 5) is 61.7. The number of sulfonamides is 1. The van der Waals surface area contributed by atoms with Crippen molar-refractivity contribution in [2.24, 2.45) is 11.3 Å². The summed E-state index contributed by atoms with van der Waals surface area (Å²) < 4.78 is 37.9. The van der Waals surface area contributed by atoms with E-state index in [0.717, 1.165) is 24.7 Å². The van der Waals surface area contributed by atoms with Crippen molar-refractivity contribution >= 4 is 44.7 Å². The SMILES string of the molecule is COc1ccc2c(O[C@@H]3C[C@H]4C(=O)N[C@]5(C(=O)O)CC5/C=C\CCCCC[C@H](NC(=O)N[C@H](CN(C)S(C)(=O)=O)C(C)(C)C)C(=O)N4C3)cc(-c3ccccc3)nc2c1. The van der Waals surface area contributed by atoms with E-state index >= 15 is 0 Å². The summed E-state index contributed by atoms with van der Waals surface area (Å²) in [5.74, 6) is -1.58. The van der Waals surface area contributed by atoms with Gasteiger partial charge in [0.1, 0.15) is 35.2 Å². The first kappa shape index (κ1) is 43.4. The van der Waals surface area contributed by atoms with E-state index < -0.39 is 69.0 Å². The Morgan fingerprint density at radius 2 is 1.85 bits per heavy atom. The lowest BCUT2D eigenvalue weighted by molar-refractivity contribution is -0.145. The van der Waals surface area contributed by atoms with Crippen LogP contribution < -0.4 is 25.4 Å². The maximum absolute atomic E-state index is 14.8. The molecule has 15 nitrogen and oxygen atoms in total. The number of urea groups is 1. The molecular weight excluding hydrogens is 777 g/mol. The second kappa shape index (κ2) is 17.6. The number of rotatable bonds is 10. The predicted octanol–water partition coefficient (Wildman–Crippen LogP) is 4.71. The molecular formula is C43H56N6O9S. The molecule has 3 heterocycles. The molecule has 59 heavy (non-hydrogen) atoms. The zero-order chi connectivity index (χ0) is 42.7. The number of ether oxygens (including phenoxy) is 2. The first-order chi connectivity index (χ1) is 27.9. The number of methoxy groups -OCH3 is 1. The molecule has 4 N–H and O–H groups in total. The number of fused-ring (bicyclic) bond motifs is 3.